The molecule has 1 saturated heterocycles. The summed E-state index contributed by atoms with van der Waals surface area (Å²) in [5.74, 6) is -1.62. The van der Waals surface area contributed by atoms with Gasteiger partial charge in [0.05, 0.1) is 0 Å². The fourth-order valence-electron chi connectivity index (χ4n) is 2.39. The molecule has 0 unspecified atom stereocenters. The number of aromatic hydroxyl groups is 1. The number of hydrogen-bond acceptors (Lipinski definition) is 3. The number of piperidine rings is 1. The van der Waals surface area contributed by atoms with Crippen LogP contribution in [-0.4, -0.2) is 53.4 Å². The highest BCUT2D eigenvalue weighted by Crippen LogP contribution is 2.21. The van der Waals surface area contributed by atoms with Gasteiger partial charge in [-0.05, 0) is 25.0 Å². The van der Waals surface area contributed by atoms with Gasteiger partial charge in [-0.2, -0.15) is 0 Å². The number of rotatable bonds is 4. The summed E-state index contributed by atoms with van der Waals surface area (Å²) < 4.78 is 13.6. The van der Waals surface area contributed by atoms with Crippen LogP contribution in [0.3, 0.4) is 0 Å². The molecule has 1 aromatic carbocycles. The number of nitrogens with zero attached hydrogens (tertiary/aromatic N) is 2. The van der Waals surface area contributed by atoms with Crippen LogP contribution in [0, 0.1) is 5.82 Å². The Morgan fingerprint density at radius 1 is 1.43 bits per heavy atom. The fraction of sp³-hybridized carbons (Fsp3) is 0.467. The summed E-state index contributed by atoms with van der Waals surface area (Å²) in [4.78, 5) is 26.9. The Bertz CT molecular complexity index is 527. The molecule has 0 bridgehead atoms. The molecule has 1 N–H and O–H groups in total. The summed E-state index contributed by atoms with van der Waals surface area (Å²) in [6, 6.07) is 3.75. The van der Waals surface area contributed by atoms with E-state index in [1.807, 2.05) is 0 Å². The van der Waals surface area contributed by atoms with Gasteiger partial charge < -0.3 is 14.9 Å². The minimum absolute atomic E-state index is 0.0934. The summed E-state index contributed by atoms with van der Waals surface area (Å²) in [6.45, 7) is 1.43. The van der Waals surface area contributed by atoms with Crippen LogP contribution in [-0.2, 0) is 4.79 Å². The Kier molecular flexibility index (Phi) is 4.77. The van der Waals surface area contributed by atoms with Gasteiger partial charge in [-0.3, -0.25) is 9.59 Å². The van der Waals surface area contributed by atoms with Gasteiger partial charge >= 0.3 is 0 Å². The number of likely N-dealkylation sites (N-methyl/N-ethyl adjacent to an activating group) is 1. The van der Waals surface area contributed by atoms with Crippen molar-refractivity contribution in [3.05, 3.63) is 29.6 Å². The summed E-state index contributed by atoms with van der Waals surface area (Å²) in [6.07, 6.45) is 2.43. The van der Waals surface area contributed by atoms with E-state index in [1.54, 1.807) is 4.90 Å². The molecular formula is C15H19FN2O3. The van der Waals surface area contributed by atoms with Gasteiger partial charge in [0.15, 0.2) is 0 Å². The monoisotopic (exact) mass is 294 g/mol. The van der Waals surface area contributed by atoms with Crippen molar-refractivity contribution in [2.24, 2.45) is 0 Å². The first-order valence-corrected chi connectivity index (χ1v) is 7.01. The van der Waals surface area contributed by atoms with Gasteiger partial charge in [0.2, 0.25) is 5.91 Å². The SMILES string of the molecule is CN(CCN1CCCCC1=O)C(=O)c1c(O)cccc1F. The Morgan fingerprint density at radius 2 is 2.19 bits per heavy atom. The third-order valence-corrected chi connectivity index (χ3v) is 3.68. The third-order valence-electron chi connectivity index (χ3n) is 3.68. The lowest BCUT2D eigenvalue weighted by atomic mass is 10.1. The van der Waals surface area contributed by atoms with Gasteiger partial charge in [0, 0.05) is 33.1 Å². The Hall–Kier alpha value is -2.11. The molecule has 0 atom stereocenters. The van der Waals surface area contributed by atoms with Gasteiger partial charge in [0.1, 0.15) is 17.1 Å². The van der Waals surface area contributed by atoms with Crippen molar-refractivity contribution in [1.29, 1.82) is 0 Å². The van der Waals surface area contributed by atoms with Crippen molar-refractivity contribution in [2.75, 3.05) is 26.7 Å². The molecule has 5 nitrogen and oxygen atoms in total. The average Bonchev–Trinajstić information content (AvgIpc) is 2.45. The maximum Gasteiger partial charge on any atom is 0.260 e. The van der Waals surface area contributed by atoms with Crippen molar-refractivity contribution in [3.8, 4) is 5.75 Å². The molecule has 2 rings (SSSR count). The molecular weight excluding hydrogens is 275 g/mol. The highest BCUT2D eigenvalue weighted by Gasteiger charge is 2.22. The lowest BCUT2D eigenvalue weighted by molar-refractivity contribution is -0.133. The van der Waals surface area contributed by atoms with Crippen molar-refractivity contribution >= 4 is 11.8 Å². The second kappa shape index (κ2) is 6.56. The van der Waals surface area contributed by atoms with Crippen LogP contribution in [0.5, 0.6) is 5.75 Å². The second-order valence-electron chi connectivity index (χ2n) is 5.20. The van der Waals surface area contributed by atoms with E-state index in [4.69, 9.17) is 0 Å². The summed E-state index contributed by atoms with van der Waals surface area (Å²) in [7, 11) is 1.53. The van der Waals surface area contributed by atoms with E-state index < -0.39 is 11.7 Å². The molecule has 1 heterocycles. The Balaban J connectivity index is 1.98. The summed E-state index contributed by atoms with van der Waals surface area (Å²) in [5, 5.41) is 9.62. The third kappa shape index (κ3) is 3.51. The molecule has 2 amide bonds. The molecule has 6 heteroatoms. The van der Waals surface area contributed by atoms with Crippen LogP contribution in [0.15, 0.2) is 18.2 Å². The molecule has 1 aromatic rings. The number of amides is 2. The number of benzene rings is 1. The quantitative estimate of drug-likeness (QED) is 0.918. The fourth-order valence-corrected chi connectivity index (χ4v) is 2.39. The van der Waals surface area contributed by atoms with Crippen molar-refractivity contribution < 1.29 is 19.1 Å². The zero-order valence-corrected chi connectivity index (χ0v) is 12.0. The van der Waals surface area contributed by atoms with Gasteiger partial charge in [-0.1, -0.05) is 6.07 Å². The molecule has 0 spiro atoms. The smallest absolute Gasteiger partial charge is 0.260 e. The number of hydrogen-bond donors (Lipinski definition) is 1. The zero-order valence-electron chi connectivity index (χ0n) is 12.0. The van der Waals surface area contributed by atoms with Crippen LogP contribution in [0.2, 0.25) is 0 Å². The van der Waals surface area contributed by atoms with Crippen LogP contribution < -0.4 is 0 Å². The topological polar surface area (TPSA) is 60.9 Å². The van der Waals surface area contributed by atoms with Crippen LogP contribution in [0.1, 0.15) is 29.6 Å². The number of halogens is 1. The van der Waals surface area contributed by atoms with E-state index in [0.29, 0.717) is 26.1 Å². The van der Waals surface area contributed by atoms with E-state index in [2.05, 4.69) is 0 Å². The minimum Gasteiger partial charge on any atom is -0.507 e. The molecule has 1 aliphatic rings. The second-order valence-corrected chi connectivity index (χ2v) is 5.20. The number of phenolic OH excluding ortho intramolecular Hbond substituents is 1. The molecule has 21 heavy (non-hydrogen) atoms. The molecule has 0 aliphatic carbocycles. The lowest BCUT2D eigenvalue weighted by Crippen LogP contribution is -2.41. The standard InChI is InChI=1S/C15H19FN2O3/c1-17(9-10-18-8-3-2-7-13(18)20)15(21)14-11(16)5-4-6-12(14)19/h4-6,19H,2-3,7-10H2,1H3. The maximum atomic E-state index is 13.6. The van der Waals surface area contributed by atoms with Crippen LogP contribution in [0.4, 0.5) is 4.39 Å². The van der Waals surface area contributed by atoms with E-state index >= 15 is 0 Å². The van der Waals surface area contributed by atoms with E-state index in [-0.39, 0.29) is 17.2 Å². The highest BCUT2D eigenvalue weighted by atomic mass is 19.1. The normalized spacial score (nSPS) is 15.1. The molecule has 1 aliphatic heterocycles. The molecule has 1 fully saturated rings. The number of likely N-dealkylation sites (tertiary alicyclic amines) is 1. The predicted molar refractivity (Wildman–Crippen MR) is 75.5 cm³/mol. The van der Waals surface area contributed by atoms with Gasteiger partial charge in [0.25, 0.3) is 5.91 Å². The maximum absolute atomic E-state index is 13.6. The first-order chi connectivity index (χ1) is 10.0. The first-order valence-electron chi connectivity index (χ1n) is 7.01. The number of carbonyl (C=O) groups is 2. The van der Waals surface area contributed by atoms with Crippen molar-refractivity contribution in [2.45, 2.75) is 19.3 Å². The van der Waals surface area contributed by atoms with Crippen molar-refractivity contribution in [3.63, 3.8) is 0 Å². The largest absolute Gasteiger partial charge is 0.507 e. The van der Waals surface area contributed by atoms with E-state index in [9.17, 15) is 19.1 Å². The van der Waals surface area contributed by atoms with Crippen LogP contribution in [0.25, 0.3) is 0 Å². The Morgan fingerprint density at radius 3 is 2.86 bits per heavy atom. The van der Waals surface area contributed by atoms with Gasteiger partial charge in [-0.15, -0.1) is 0 Å². The first kappa shape index (κ1) is 15.3. The zero-order chi connectivity index (χ0) is 15.4. The highest BCUT2D eigenvalue weighted by molar-refractivity contribution is 5.97. The van der Waals surface area contributed by atoms with Crippen molar-refractivity contribution in [1.82, 2.24) is 9.80 Å². The van der Waals surface area contributed by atoms with Crippen LogP contribution >= 0.6 is 0 Å². The summed E-state index contributed by atoms with van der Waals surface area (Å²) in [5.41, 5.74) is -0.329. The van der Waals surface area contributed by atoms with E-state index in [0.717, 1.165) is 18.9 Å². The van der Waals surface area contributed by atoms with Gasteiger partial charge in [-0.25, -0.2) is 4.39 Å². The number of carbonyl (C=O) groups excluding carboxylic acids is 2. The number of phenols is 1. The molecule has 0 saturated carbocycles. The minimum atomic E-state index is -0.749. The molecule has 0 radical (unpaired) electrons. The average molecular weight is 294 g/mol. The molecule has 114 valence electrons. The molecule has 0 aromatic heterocycles. The summed E-state index contributed by atoms with van der Waals surface area (Å²) >= 11 is 0. The van der Waals surface area contributed by atoms with E-state index in [1.165, 1.54) is 24.1 Å². The Labute approximate surface area is 123 Å². The lowest BCUT2D eigenvalue weighted by Gasteiger charge is -2.29. The predicted octanol–water partition coefficient (Wildman–Crippen LogP) is 1.62.